The number of methoxy groups -OCH3 is 1. The van der Waals surface area contributed by atoms with Crippen molar-refractivity contribution in [2.75, 3.05) is 13.7 Å². The van der Waals surface area contributed by atoms with Crippen LogP contribution in [0.3, 0.4) is 0 Å². The summed E-state index contributed by atoms with van der Waals surface area (Å²) in [5.74, 6) is -1.86. The van der Waals surface area contributed by atoms with Crippen LogP contribution in [0.4, 0.5) is 0 Å². The molecule has 7 heteroatoms. The summed E-state index contributed by atoms with van der Waals surface area (Å²) in [6, 6.07) is 14.6. The van der Waals surface area contributed by atoms with Crippen LogP contribution in [-0.2, 0) is 14.3 Å². The van der Waals surface area contributed by atoms with Crippen LogP contribution in [0.15, 0.2) is 48.5 Å². The van der Waals surface area contributed by atoms with E-state index in [9.17, 15) is 14.7 Å². The van der Waals surface area contributed by atoms with Crippen LogP contribution in [0, 0.1) is 5.92 Å². The molecular formula is C24H27Cl2NO4. The van der Waals surface area contributed by atoms with Gasteiger partial charge in [-0.1, -0.05) is 54.4 Å². The van der Waals surface area contributed by atoms with Gasteiger partial charge < -0.3 is 14.7 Å². The smallest absolute Gasteiger partial charge is 0.304 e. The van der Waals surface area contributed by atoms with E-state index in [1.807, 2.05) is 60.4 Å². The van der Waals surface area contributed by atoms with Crippen LogP contribution in [0.1, 0.15) is 49.3 Å². The highest BCUT2D eigenvalue weighted by Gasteiger charge is 2.46. The zero-order chi connectivity index (χ0) is 22.5. The number of amides is 1. The Morgan fingerprint density at radius 3 is 2.45 bits per heavy atom. The Bertz CT molecular complexity index is 918. The van der Waals surface area contributed by atoms with Gasteiger partial charge in [-0.3, -0.25) is 9.59 Å². The molecule has 1 unspecified atom stereocenters. The molecule has 2 aromatic carbocycles. The maximum Gasteiger partial charge on any atom is 0.304 e. The molecule has 5 nitrogen and oxygen atoms in total. The minimum absolute atomic E-state index is 0.118. The van der Waals surface area contributed by atoms with Gasteiger partial charge in [0.25, 0.3) is 0 Å². The molecule has 1 amide bonds. The lowest BCUT2D eigenvalue weighted by molar-refractivity contribution is -0.153. The van der Waals surface area contributed by atoms with Crippen molar-refractivity contribution >= 4 is 35.1 Å². The minimum atomic E-state index is -0.979. The summed E-state index contributed by atoms with van der Waals surface area (Å²) in [4.78, 5) is 27.0. The number of ether oxygens (including phenoxy) is 1. The highest BCUT2D eigenvalue weighted by molar-refractivity contribution is 6.30. The summed E-state index contributed by atoms with van der Waals surface area (Å²) < 4.78 is 5.42. The molecule has 1 heterocycles. The number of carbonyl (C=O) groups is 2. The fourth-order valence-corrected chi connectivity index (χ4v) is 4.89. The molecule has 2 aromatic rings. The van der Waals surface area contributed by atoms with Gasteiger partial charge in [0.15, 0.2) is 0 Å². The lowest BCUT2D eigenvalue weighted by Gasteiger charge is -2.48. The molecule has 4 atom stereocenters. The maximum absolute atomic E-state index is 13.6. The number of carboxylic acid groups (broad SMARTS) is 1. The second-order valence-corrected chi connectivity index (χ2v) is 8.82. The lowest BCUT2D eigenvalue weighted by atomic mass is 9.74. The molecule has 166 valence electrons. The maximum atomic E-state index is 13.6. The third-order valence-electron chi connectivity index (χ3n) is 5.96. The van der Waals surface area contributed by atoms with E-state index in [2.05, 4.69) is 0 Å². The highest BCUT2D eigenvalue weighted by Crippen LogP contribution is 2.47. The summed E-state index contributed by atoms with van der Waals surface area (Å²) in [5, 5.41) is 10.7. The number of hydrogen-bond acceptors (Lipinski definition) is 3. The second-order valence-electron chi connectivity index (χ2n) is 7.95. The molecule has 0 bridgehead atoms. The molecule has 0 aromatic heterocycles. The highest BCUT2D eigenvalue weighted by atomic mass is 35.5. The average molecular weight is 464 g/mol. The minimum Gasteiger partial charge on any atom is -0.481 e. The van der Waals surface area contributed by atoms with Gasteiger partial charge >= 0.3 is 5.97 Å². The Labute approximate surface area is 192 Å². The van der Waals surface area contributed by atoms with E-state index < -0.39 is 11.9 Å². The Morgan fingerprint density at radius 1 is 1.16 bits per heavy atom. The molecule has 1 N–H and O–H groups in total. The summed E-state index contributed by atoms with van der Waals surface area (Å²) in [6.45, 7) is 2.37. The van der Waals surface area contributed by atoms with Crippen molar-refractivity contribution in [1.82, 2.24) is 4.90 Å². The van der Waals surface area contributed by atoms with E-state index in [-0.39, 0.29) is 30.3 Å². The molecule has 1 saturated heterocycles. The fourth-order valence-electron chi connectivity index (χ4n) is 4.56. The molecule has 0 spiro atoms. The lowest BCUT2D eigenvalue weighted by Crippen LogP contribution is -2.53. The van der Waals surface area contributed by atoms with Crippen LogP contribution in [0.2, 0.25) is 10.0 Å². The monoisotopic (exact) mass is 463 g/mol. The number of carboxylic acids is 1. The molecule has 0 aliphatic carbocycles. The molecule has 0 saturated carbocycles. The van der Waals surface area contributed by atoms with Gasteiger partial charge in [0.05, 0.1) is 25.1 Å². The number of halogens is 2. The Morgan fingerprint density at radius 2 is 1.87 bits per heavy atom. The molecule has 1 fully saturated rings. The summed E-state index contributed by atoms with van der Waals surface area (Å²) >= 11 is 12.4. The third-order valence-corrected chi connectivity index (χ3v) is 6.44. The third kappa shape index (κ3) is 5.40. The largest absolute Gasteiger partial charge is 0.481 e. The van der Waals surface area contributed by atoms with Crippen molar-refractivity contribution in [3.05, 3.63) is 69.7 Å². The molecule has 3 rings (SSSR count). The number of rotatable bonds is 8. The van der Waals surface area contributed by atoms with Gasteiger partial charge in [-0.15, -0.1) is 0 Å². The zero-order valence-corrected chi connectivity index (χ0v) is 19.1. The van der Waals surface area contributed by atoms with Gasteiger partial charge in [-0.25, -0.2) is 0 Å². The van der Waals surface area contributed by atoms with Gasteiger partial charge in [-0.05, 0) is 48.2 Å². The standard InChI is InChI=1S/C24H27Cl2NO4/c1-3-20(14-31-2)27-23(15-7-9-18(25)10-8-15)21(16-5-4-6-19(26)11-16)12-17(24(27)30)13-22(28)29/h4-11,17,20-21,23H,3,12-14H2,1-2H3,(H,28,29)/t17-,20+,21?,23-/m1/s1. The predicted octanol–water partition coefficient (Wildman–Crippen LogP) is 5.57. The van der Waals surface area contributed by atoms with Crippen molar-refractivity contribution in [2.24, 2.45) is 5.92 Å². The van der Waals surface area contributed by atoms with Crippen LogP contribution < -0.4 is 0 Å². The number of hydrogen-bond donors (Lipinski definition) is 1. The average Bonchev–Trinajstić information content (AvgIpc) is 2.74. The Kier molecular flexibility index (Phi) is 7.98. The van der Waals surface area contributed by atoms with Gasteiger partial charge in [0, 0.05) is 29.0 Å². The van der Waals surface area contributed by atoms with Crippen molar-refractivity contribution < 1.29 is 19.4 Å². The van der Waals surface area contributed by atoms with Crippen LogP contribution in [0.5, 0.6) is 0 Å². The van der Waals surface area contributed by atoms with E-state index in [1.165, 1.54) is 0 Å². The quantitative estimate of drug-likeness (QED) is 0.555. The first-order valence-corrected chi connectivity index (χ1v) is 11.1. The fraction of sp³-hybridized carbons (Fsp3) is 0.417. The molecule has 0 radical (unpaired) electrons. The predicted molar refractivity (Wildman–Crippen MR) is 122 cm³/mol. The molecule has 1 aliphatic rings. The Balaban J connectivity index is 2.16. The SMILES string of the molecule is CC[C@@H](COC)N1C(=O)[C@@H](CC(=O)O)CC(c2cccc(Cl)c2)[C@H]1c1ccc(Cl)cc1. The summed E-state index contributed by atoms with van der Waals surface area (Å²) in [7, 11) is 1.61. The second kappa shape index (κ2) is 10.5. The van der Waals surface area contributed by atoms with E-state index in [0.29, 0.717) is 29.5 Å². The first kappa shape index (κ1) is 23.6. The van der Waals surface area contributed by atoms with Crippen molar-refractivity contribution in [2.45, 2.75) is 44.2 Å². The van der Waals surface area contributed by atoms with Gasteiger partial charge in [0.2, 0.25) is 5.91 Å². The number of carbonyl (C=O) groups excluding carboxylic acids is 1. The molecule has 1 aliphatic heterocycles. The van der Waals surface area contributed by atoms with E-state index in [4.69, 9.17) is 27.9 Å². The molecular weight excluding hydrogens is 437 g/mol. The molecule has 31 heavy (non-hydrogen) atoms. The Hall–Kier alpha value is -2.08. The summed E-state index contributed by atoms with van der Waals surface area (Å²) in [5.41, 5.74) is 1.93. The number of nitrogens with zero attached hydrogens (tertiary/aromatic N) is 1. The van der Waals surface area contributed by atoms with Gasteiger partial charge in [0.1, 0.15) is 0 Å². The summed E-state index contributed by atoms with van der Waals surface area (Å²) in [6.07, 6.45) is 0.910. The first-order valence-electron chi connectivity index (χ1n) is 10.4. The first-order chi connectivity index (χ1) is 14.8. The number of likely N-dealkylation sites (tertiary alicyclic amines) is 1. The van der Waals surface area contributed by atoms with E-state index in [1.54, 1.807) is 7.11 Å². The number of aliphatic carboxylic acids is 1. The van der Waals surface area contributed by atoms with Crippen molar-refractivity contribution in [1.29, 1.82) is 0 Å². The van der Waals surface area contributed by atoms with Gasteiger partial charge in [-0.2, -0.15) is 0 Å². The van der Waals surface area contributed by atoms with Crippen LogP contribution in [0.25, 0.3) is 0 Å². The number of piperidine rings is 1. The topological polar surface area (TPSA) is 66.8 Å². The van der Waals surface area contributed by atoms with Crippen LogP contribution >= 0.6 is 23.2 Å². The zero-order valence-electron chi connectivity index (χ0n) is 17.6. The normalized spacial score (nSPS) is 22.4. The van der Waals surface area contributed by atoms with E-state index >= 15 is 0 Å². The van der Waals surface area contributed by atoms with Crippen LogP contribution in [-0.4, -0.2) is 41.6 Å². The van der Waals surface area contributed by atoms with Crippen molar-refractivity contribution in [3.8, 4) is 0 Å². The van der Waals surface area contributed by atoms with Crippen molar-refractivity contribution in [3.63, 3.8) is 0 Å². The van der Waals surface area contributed by atoms with E-state index in [0.717, 1.165) is 11.1 Å². The number of benzene rings is 2.